The van der Waals surface area contributed by atoms with Gasteiger partial charge in [0.1, 0.15) is 11.5 Å². The van der Waals surface area contributed by atoms with Crippen LogP contribution in [0.15, 0.2) is 58.6 Å². The van der Waals surface area contributed by atoms with Crippen LogP contribution in [-0.4, -0.2) is 42.6 Å². The number of halogens is 1. The monoisotopic (exact) mass is 477 g/mol. The van der Waals surface area contributed by atoms with Gasteiger partial charge in [-0.15, -0.1) is 0 Å². The van der Waals surface area contributed by atoms with Crippen molar-refractivity contribution in [2.45, 2.75) is 19.8 Å². The van der Waals surface area contributed by atoms with Crippen molar-refractivity contribution < 1.29 is 13.9 Å². The van der Waals surface area contributed by atoms with Gasteiger partial charge in [0.2, 0.25) is 0 Å². The van der Waals surface area contributed by atoms with Crippen molar-refractivity contribution in [1.29, 1.82) is 5.53 Å². The number of hydrogen-bond donors (Lipinski definition) is 3. The topological polar surface area (TPSA) is 111 Å². The molecule has 0 radical (unpaired) electrons. The fourth-order valence-electron chi connectivity index (χ4n) is 4.34. The highest BCUT2D eigenvalue weighted by molar-refractivity contribution is 5.94. The second kappa shape index (κ2) is 10.6. The van der Waals surface area contributed by atoms with Gasteiger partial charge in [0, 0.05) is 54.5 Å². The van der Waals surface area contributed by atoms with E-state index in [1.54, 1.807) is 37.4 Å². The predicted molar refractivity (Wildman–Crippen MR) is 133 cm³/mol. The quantitative estimate of drug-likeness (QED) is 0.406. The Balaban J connectivity index is 1.50. The van der Waals surface area contributed by atoms with Gasteiger partial charge in [-0.3, -0.25) is 9.59 Å². The fourth-order valence-corrected chi connectivity index (χ4v) is 4.34. The number of fused-ring (bicyclic) bond motifs is 1. The number of H-pyrrole nitrogens is 1. The van der Waals surface area contributed by atoms with Gasteiger partial charge in [0.05, 0.1) is 12.2 Å². The Hall–Kier alpha value is -3.85. The number of hydrogen-bond acceptors (Lipinski definition) is 6. The Labute approximate surface area is 202 Å². The van der Waals surface area contributed by atoms with E-state index in [4.69, 9.17) is 10.3 Å². The molecule has 0 spiro atoms. The minimum atomic E-state index is -0.423. The molecule has 0 aliphatic carbocycles. The Morgan fingerprint density at radius 3 is 2.77 bits per heavy atom. The molecule has 8 nitrogen and oxygen atoms in total. The van der Waals surface area contributed by atoms with Gasteiger partial charge in [0.25, 0.3) is 11.5 Å². The van der Waals surface area contributed by atoms with E-state index < -0.39 is 5.56 Å². The molecule has 2 heterocycles. The highest BCUT2D eigenvalue weighted by atomic mass is 19.1. The lowest BCUT2D eigenvalue weighted by molar-refractivity contribution is 0.0775. The van der Waals surface area contributed by atoms with Crippen LogP contribution in [0.5, 0.6) is 0 Å². The predicted octanol–water partition coefficient (Wildman–Crippen LogP) is 4.78. The number of benzene rings is 2. The number of aryl methyl sites for hydroxylation is 1. The van der Waals surface area contributed by atoms with E-state index in [-0.39, 0.29) is 23.0 Å². The van der Waals surface area contributed by atoms with Gasteiger partial charge in [-0.05, 0) is 60.9 Å². The Kier molecular flexibility index (Phi) is 7.36. The third-order valence-electron chi connectivity index (χ3n) is 6.27. The average molecular weight is 478 g/mol. The summed E-state index contributed by atoms with van der Waals surface area (Å²) in [5.74, 6) is 0.00136. The van der Waals surface area contributed by atoms with Crippen molar-refractivity contribution in [2.75, 3.05) is 32.1 Å². The first kappa shape index (κ1) is 24.3. The van der Waals surface area contributed by atoms with Crippen LogP contribution in [0, 0.1) is 17.3 Å². The molecule has 1 aromatic heterocycles. The van der Waals surface area contributed by atoms with Crippen molar-refractivity contribution in [3.63, 3.8) is 0 Å². The summed E-state index contributed by atoms with van der Waals surface area (Å²) in [6, 6.07) is 11.5. The molecule has 1 saturated heterocycles. The van der Waals surface area contributed by atoms with Crippen molar-refractivity contribution >= 4 is 28.2 Å². The molecule has 9 heteroatoms. The van der Waals surface area contributed by atoms with Gasteiger partial charge in [-0.25, -0.2) is 9.92 Å². The molecule has 1 aliphatic heterocycles. The van der Waals surface area contributed by atoms with Crippen LogP contribution in [0.1, 0.15) is 34.8 Å². The highest BCUT2D eigenvalue weighted by Gasteiger charge is 2.26. The number of rotatable bonds is 8. The number of pyridine rings is 1. The molecule has 2 aromatic carbocycles. The second-order valence-corrected chi connectivity index (χ2v) is 8.62. The smallest absolute Gasteiger partial charge is 0.258 e. The summed E-state index contributed by atoms with van der Waals surface area (Å²) in [4.78, 5) is 30.0. The summed E-state index contributed by atoms with van der Waals surface area (Å²) in [6.45, 7) is 3.90. The highest BCUT2D eigenvalue weighted by Crippen LogP contribution is 2.22. The van der Waals surface area contributed by atoms with Crippen molar-refractivity contribution in [3.05, 3.63) is 81.5 Å². The summed E-state index contributed by atoms with van der Waals surface area (Å²) in [6.07, 6.45) is 2.88. The number of aromatic amines is 1. The molecule has 1 unspecified atom stereocenters. The third-order valence-corrected chi connectivity index (χ3v) is 6.27. The number of carbonyl (C=O) groups excluding carboxylic acids is 1. The minimum absolute atomic E-state index is 0.0197. The first-order valence-corrected chi connectivity index (χ1v) is 11.5. The number of methoxy groups -OCH3 is 1. The molecule has 1 atom stereocenters. The zero-order valence-electron chi connectivity index (χ0n) is 19.7. The number of carbonyl (C=O) groups is 1. The maximum Gasteiger partial charge on any atom is 0.258 e. The van der Waals surface area contributed by atoms with E-state index in [1.807, 2.05) is 11.8 Å². The molecular formula is C26H28FN5O3. The zero-order valence-corrected chi connectivity index (χ0v) is 19.7. The molecule has 35 heavy (non-hydrogen) atoms. The Bertz CT molecular complexity index is 1330. The maximum absolute atomic E-state index is 14.2. The molecule has 1 amide bonds. The van der Waals surface area contributed by atoms with Gasteiger partial charge < -0.3 is 19.9 Å². The molecule has 0 saturated carbocycles. The maximum atomic E-state index is 14.2. The molecule has 3 aromatic rings. The van der Waals surface area contributed by atoms with E-state index in [1.165, 1.54) is 18.3 Å². The molecule has 4 rings (SSSR count). The van der Waals surface area contributed by atoms with Crippen LogP contribution in [0.2, 0.25) is 0 Å². The largest absolute Gasteiger partial charge is 0.384 e. The summed E-state index contributed by atoms with van der Waals surface area (Å²) in [5, 5.41) is 7.01. The van der Waals surface area contributed by atoms with Gasteiger partial charge in [-0.2, -0.15) is 5.11 Å². The standard InChI is InChI=1S/C26H28FN5O3/c1-3-17-12-23-19(11-22(17)27)10-21(25(33)30-23)24(31-28)13-29-20-6-4-18(5-7-20)26(34)32-9-8-16(14-32)15-35-2/h4-7,10-13,16,28-29H,3,8-9,14-15H2,1-2H3,(H,30,33)/b24-13-,31-28?. The number of nitrogens with zero attached hydrogens (tertiary/aromatic N) is 2. The van der Waals surface area contributed by atoms with Crippen molar-refractivity contribution in [1.82, 2.24) is 9.88 Å². The Morgan fingerprint density at radius 1 is 1.31 bits per heavy atom. The van der Waals surface area contributed by atoms with Crippen LogP contribution >= 0.6 is 0 Å². The second-order valence-electron chi connectivity index (χ2n) is 8.62. The third kappa shape index (κ3) is 5.30. The van der Waals surface area contributed by atoms with Crippen LogP contribution in [0.3, 0.4) is 0 Å². The molecule has 1 aliphatic rings. The van der Waals surface area contributed by atoms with E-state index in [2.05, 4.69) is 15.4 Å². The minimum Gasteiger partial charge on any atom is -0.384 e. The lowest BCUT2D eigenvalue weighted by Crippen LogP contribution is -2.29. The first-order valence-electron chi connectivity index (χ1n) is 11.5. The number of anilines is 1. The van der Waals surface area contributed by atoms with E-state index in [0.717, 1.165) is 6.42 Å². The van der Waals surface area contributed by atoms with Crippen molar-refractivity contribution in [3.8, 4) is 0 Å². The van der Waals surface area contributed by atoms with Gasteiger partial charge >= 0.3 is 0 Å². The molecule has 0 bridgehead atoms. The number of aromatic nitrogens is 1. The Morgan fingerprint density at radius 2 is 2.09 bits per heavy atom. The van der Waals surface area contributed by atoms with Crippen molar-refractivity contribution in [2.24, 2.45) is 11.0 Å². The molecule has 3 N–H and O–H groups in total. The first-order chi connectivity index (χ1) is 16.9. The summed E-state index contributed by atoms with van der Waals surface area (Å²) >= 11 is 0. The molecule has 1 fully saturated rings. The van der Waals surface area contributed by atoms with E-state index in [9.17, 15) is 14.0 Å². The van der Waals surface area contributed by atoms with Crippen LogP contribution in [0.4, 0.5) is 10.1 Å². The normalized spacial score (nSPS) is 16.0. The van der Waals surface area contributed by atoms with E-state index >= 15 is 0 Å². The lowest BCUT2D eigenvalue weighted by Gasteiger charge is -2.16. The molecular weight excluding hydrogens is 449 g/mol. The number of ether oxygens (including phenoxy) is 1. The summed E-state index contributed by atoms with van der Waals surface area (Å²) in [7, 11) is 1.67. The van der Waals surface area contributed by atoms with Crippen LogP contribution < -0.4 is 10.9 Å². The summed E-state index contributed by atoms with van der Waals surface area (Å²) in [5.41, 5.74) is 9.65. The van der Waals surface area contributed by atoms with E-state index in [0.29, 0.717) is 59.8 Å². The number of likely N-dealkylation sites (tertiary alicyclic amines) is 1. The average Bonchev–Trinajstić information content (AvgIpc) is 3.33. The number of amides is 1. The van der Waals surface area contributed by atoms with Crippen LogP contribution in [0.25, 0.3) is 16.6 Å². The number of nitrogens with one attached hydrogen (secondary N) is 3. The fraction of sp³-hybridized carbons (Fsp3) is 0.308. The van der Waals surface area contributed by atoms with Gasteiger partial charge in [0.15, 0.2) is 0 Å². The van der Waals surface area contributed by atoms with Gasteiger partial charge in [-0.1, -0.05) is 6.92 Å². The lowest BCUT2D eigenvalue weighted by atomic mass is 10.1. The zero-order chi connectivity index (χ0) is 24.9. The summed E-state index contributed by atoms with van der Waals surface area (Å²) < 4.78 is 19.4. The SMILES string of the molecule is CCc1cc2[nH]c(=O)c(/C(=C/Nc3ccc(C(=O)N4CCC(COC)C4)cc3)N=N)cc2cc1F. The molecule has 182 valence electrons. The van der Waals surface area contributed by atoms with Crippen LogP contribution in [-0.2, 0) is 11.2 Å².